The lowest BCUT2D eigenvalue weighted by atomic mass is 10.3. The summed E-state index contributed by atoms with van der Waals surface area (Å²) in [6.07, 6.45) is 0.755. The molecule has 16 heavy (non-hydrogen) atoms. The number of hydrogen-bond donors (Lipinski definition) is 1. The van der Waals surface area contributed by atoms with Crippen molar-refractivity contribution in [1.82, 2.24) is 4.31 Å². The first-order valence-electron chi connectivity index (χ1n) is 5.16. The Morgan fingerprint density at radius 1 is 1.56 bits per heavy atom. The second-order valence-electron chi connectivity index (χ2n) is 3.74. The van der Waals surface area contributed by atoms with Crippen LogP contribution in [0.4, 0.5) is 0 Å². The number of thiophene rings is 1. The maximum Gasteiger partial charge on any atom is 0.217 e. The Kier molecular flexibility index (Phi) is 4.91. The Labute approximate surface area is 101 Å². The van der Waals surface area contributed by atoms with Gasteiger partial charge in [0.15, 0.2) is 0 Å². The Morgan fingerprint density at radius 2 is 2.25 bits per heavy atom. The van der Waals surface area contributed by atoms with Crippen molar-refractivity contribution in [2.45, 2.75) is 18.6 Å². The van der Waals surface area contributed by atoms with E-state index in [0.29, 0.717) is 6.54 Å². The van der Waals surface area contributed by atoms with Crippen molar-refractivity contribution in [3.8, 4) is 0 Å². The van der Waals surface area contributed by atoms with Gasteiger partial charge in [-0.05, 0) is 24.8 Å². The zero-order valence-corrected chi connectivity index (χ0v) is 11.2. The third-order valence-corrected chi connectivity index (χ3v) is 5.73. The first kappa shape index (κ1) is 13.6. The maximum atomic E-state index is 11.9. The van der Waals surface area contributed by atoms with Crippen LogP contribution in [0.15, 0.2) is 17.5 Å². The number of nitrogens with two attached hydrogens (primary N) is 1. The van der Waals surface area contributed by atoms with Gasteiger partial charge in [-0.2, -0.15) is 0 Å². The van der Waals surface area contributed by atoms with Gasteiger partial charge in [0.25, 0.3) is 0 Å². The number of likely N-dealkylation sites (N-methyl/N-ethyl adjacent to an activating group) is 1. The van der Waals surface area contributed by atoms with Crippen molar-refractivity contribution in [2.24, 2.45) is 5.73 Å². The molecule has 0 fully saturated rings. The summed E-state index contributed by atoms with van der Waals surface area (Å²) in [7, 11) is -1.62. The molecule has 0 aliphatic rings. The standard InChI is InChI=1S/C10H18N2O2S2/c1-9(8-11)16(13,14)12(2)6-5-10-4-3-7-15-10/h3-4,7,9H,5-6,8,11H2,1-2H3. The van der Waals surface area contributed by atoms with Crippen LogP contribution in [-0.4, -0.2) is 38.1 Å². The molecule has 0 saturated carbocycles. The van der Waals surface area contributed by atoms with E-state index in [2.05, 4.69) is 0 Å². The molecule has 0 bridgehead atoms. The second-order valence-corrected chi connectivity index (χ2v) is 7.23. The van der Waals surface area contributed by atoms with E-state index >= 15 is 0 Å². The number of nitrogens with zero attached hydrogens (tertiary/aromatic N) is 1. The molecule has 0 amide bonds. The van der Waals surface area contributed by atoms with E-state index in [9.17, 15) is 8.42 Å². The predicted molar refractivity (Wildman–Crippen MR) is 68.1 cm³/mol. The summed E-state index contributed by atoms with van der Waals surface area (Å²) < 4.78 is 25.1. The van der Waals surface area contributed by atoms with Crippen LogP contribution in [0.1, 0.15) is 11.8 Å². The normalized spacial score (nSPS) is 14.2. The van der Waals surface area contributed by atoms with Gasteiger partial charge in [0.1, 0.15) is 0 Å². The highest BCUT2D eigenvalue weighted by Gasteiger charge is 2.24. The molecule has 1 heterocycles. The minimum absolute atomic E-state index is 0.158. The molecule has 1 atom stereocenters. The molecule has 4 nitrogen and oxygen atoms in total. The quantitative estimate of drug-likeness (QED) is 0.828. The molecule has 0 radical (unpaired) electrons. The highest BCUT2D eigenvalue weighted by molar-refractivity contribution is 7.89. The second kappa shape index (κ2) is 5.77. The van der Waals surface area contributed by atoms with Crippen LogP contribution in [0.25, 0.3) is 0 Å². The number of rotatable bonds is 6. The van der Waals surface area contributed by atoms with Gasteiger partial charge >= 0.3 is 0 Å². The van der Waals surface area contributed by atoms with Crippen LogP contribution in [0, 0.1) is 0 Å². The molecule has 0 aliphatic heterocycles. The third-order valence-electron chi connectivity index (χ3n) is 2.53. The van der Waals surface area contributed by atoms with Crippen molar-refractivity contribution in [2.75, 3.05) is 20.1 Å². The van der Waals surface area contributed by atoms with Crippen LogP contribution in [-0.2, 0) is 16.4 Å². The van der Waals surface area contributed by atoms with Crippen LogP contribution >= 0.6 is 11.3 Å². The van der Waals surface area contributed by atoms with Crippen LogP contribution < -0.4 is 5.73 Å². The van der Waals surface area contributed by atoms with Crippen molar-refractivity contribution in [1.29, 1.82) is 0 Å². The van der Waals surface area contributed by atoms with Gasteiger partial charge in [-0.3, -0.25) is 0 Å². The average Bonchev–Trinajstić information content (AvgIpc) is 2.77. The topological polar surface area (TPSA) is 63.4 Å². The maximum absolute atomic E-state index is 11.9. The molecular formula is C10H18N2O2S2. The molecule has 0 saturated heterocycles. The van der Waals surface area contributed by atoms with Gasteiger partial charge in [0.05, 0.1) is 5.25 Å². The van der Waals surface area contributed by atoms with Crippen LogP contribution in [0.5, 0.6) is 0 Å². The molecule has 2 N–H and O–H groups in total. The predicted octanol–water partition coefficient (Wildman–Crippen LogP) is 0.899. The van der Waals surface area contributed by atoms with Gasteiger partial charge < -0.3 is 5.73 Å². The lowest BCUT2D eigenvalue weighted by Gasteiger charge is -2.20. The molecule has 1 rings (SSSR count). The van der Waals surface area contributed by atoms with Gasteiger partial charge in [0, 0.05) is 25.0 Å². The highest BCUT2D eigenvalue weighted by Crippen LogP contribution is 2.12. The summed E-state index contributed by atoms with van der Waals surface area (Å²) in [6, 6.07) is 3.98. The van der Waals surface area contributed by atoms with E-state index in [0.717, 1.165) is 6.42 Å². The Balaban J connectivity index is 2.55. The molecule has 1 aromatic rings. The lowest BCUT2D eigenvalue weighted by Crippen LogP contribution is -2.39. The monoisotopic (exact) mass is 262 g/mol. The largest absolute Gasteiger partial charge is 0.329 e. The molecule has 0 aromatic carbocycles. The Hall–Kier alpha value is -0.430. The van der Waals surface area contributed by atoms with E-state index in [1.165, 1.54) is 9.18 Å². The van der Waals surface area contributed by atoms with Gasteiger partial charge in [-0.25, -0.2) is 12.7 Å². The van der Waals surface area contributed by atoms with Gasteiger partial charge in [0.2, 0.25) is 10.0 Å². The van der Waals surface area contributed by atoms with E-state index < -0.39 is 15.3 Å². The molecule has 1 unspecified atom stereocenters. The summed E-state index contributed by atoms with van der Waals surface area (Å²) >= 11 is 1.64. The lowest BCUT2D eigenvalue weighted by molar-refractivity contribution is 0.464. The molecule has 92 valence electrons. The van der Waals surface area contributed by atoms with E-state index in [4.69, 9.17) is 5.73 Å². The Bertz CT molecular complexity index is 400. The van der Waals surface area contributed by atoms with Crippen molar-refractivity contribution in [3.63, 3.8) is 0 Å². The Morgan fingerprint density at radius 3 is 2.75 bits per heavy atom. The summed E-state index contributed by atoms with van der Waals surface area (Å²) in [5, 5.41) is 1.48. The summed E-state index contributed by atoms with van der Waals surface area (Å²) in [5.41, 5.74) is 5.38. The zero-order valence-electron chi connectivity index (χ0n) is 9.59. The van der Waals surface area contributed by atoms with Crippen molar-refractivity contribution < 1.29 is 8.42 Å². The van der Waals surface area contributed by atoms with Crippen molar-refractivity contribution >= 4 is 21.4 Å². The fraction of sp³-hybridized carbons (Fsp3) is 0.600. The average molecular weight is 262 g/mol. The summed E-state index contributed by atoms with van der Waals surface area (Å²) in [5.74, 6) is 0. The van der Waals surface area contributed by atoms with E-state index in [-0.39, 0.29) is 6.54 Å². The summed E-state index contributed by atoms with van der Waals surface area (Å²) in [4.78, 5) is 1.20. The van der Waals surface area contributed by atoms with E-state index in [1.807, 2.05) is 17.5 Å². The number of sulfonamides is 1. The van der Waals surface area contributed by atoms with Crippen LogP contribution in [0.3, 0.4) is 0 Å². The third kappa shape index (κ3) is 3.28. The SMILES string of the molecule is CC(CN)S(=O)(=O)N(C)CCc1cccs1. The smallest absolute Gasteiger partial charge is 0.217 e. The molecule has 0 aliphatic carbocycles. The summed E-state index contributed by atoms with van der Waals surface area (Å²) in [6.45, 7) is 2.30. The molecular weight excluding hydrogens is 244 g/mol. The minimum Gasteiger partial charge on any atom is -0.329 e. The van der Waals surface area contributed by atoms with Gasteiger partial charge in [-0.1, -0.05) is 6.07 Å². The zero-order chi connectivity index (χ0) is 12.2. The van der Waals surface area contributed by atoms with Crippen LogP contribution in [0.2, 0.25) is 0 Å². The molecule has 1 aromatic heterocycles. The fourth-order valence-electron chi connectivity index (χ4n) is 1.28. The van der Waals surface area contributed by atoms with Crippen molar-refractivity contribution in [3.05, 3.63) is 22.4 Å². The molecule has 0 spiro atoms. The first-order chi connectivity index (χ1) is 7.48. The van der Waals surface area contributed by atoms with E-state index in [1.54, 1.807) is 25.3 Å². The minimum atomic E-state index is -3.23. The fourth-order valence-corrected chi connectivity index (χ4v) is 3.18. The number of hydrogen-bond acceptors (Lipinski definition) is 4. The molecule has 6 heteroatoms. The first-order valence-corrected chi connectivity index (χ1v) is 7.54. The van der Waals surface area contributed by atoms with Gasteiger partial charge in [-0.15, -0.1) is 11.3 Å². The highest BCUT2D eigenvalue weighted by atomic mass is 32.2.